The van der Waals surface area contributed by atoms with Gasteiger partial charge in [-0.3, -0.25) is 4.79 Å². The largest absolute Gasteiger partial charge is 0.507 e. The van der Waals surface area contributed by atoms with E-state index in [1.165, 1.54) is 14.0 Å². The number of aliphatic hydroxyl groups excluding tert-OH is 6. The minimum atomic E-state index is -1.72. The molecule has 1 fully saturated rings. The number of phenolic OH excluding ortho intramolecular Hbond substituents is 2. The van der Waals surface area contributed by atoms with Crippen molar-refractivity contribution < 1.29 is 64.6 Å². The van der Waals surface area contributed by atoms with Gasteiger partial charge in [0, 0.05) is 25.7 Å². The lowest BCUT2D eigenvalue weighted by molar-refractivity contribution is -0.301. The van der Waals surface area contributed by atoms with Gasteiger partial charge in [-0.25, -0.2) is 0 Å². The Morgan fingerprint density at radius 1 is 1.00 bits per heavy atom. The number of rotatable bonds is 14. The number of aryl methyl sites for hydroxylation is 1. The fraction of sp³-hybridized carbons (Fsp3) is 0.536. The molecule has 8 N–H and O–H groups in total. The van der Waals surface area contributed by atoms with E-state index in [9.17, 15) is 45.6 Å². The molecule has 13 heteroatoms. The van der Waals surface area contributed by atoms with Crippen LogP contribution in [0.3, 0.4) is 0 Å². The van der Waals surface area contributed by atoms with E-state index in [1.54, 1.807) is 0 Å². The molecule has 2 aromatic rings. The predicted molar refractivity (Wildman–Crippen MR) is 141 cm³/mol. The van der Waals surface area contributed by atoms with E-state index in [-0.39, 0.29) is 24.3 Å². The summed E-state index contributed by atoms with van der Waals surface area (Å²) < 4.78 is 21.7. The molecule has 3 rings (SSSR count). The van der Waals surface area contributed by atoms with Gasteiger partial charge in [0.25, 0.3) is 0 Å². The first-order valence-electron chi connectivity index (χ1n) is 13.1. The number of aromatic hydroxyl groups is 2. The highest BCUT2D eigenvalue weighted by Crippen LogP contribution is 2.36. The Labute approximate surface area is 236 Å². The molecular formula is C28H38O13. The van der Waals surface area contributed by atoms with Crippen molar-refractivity contribution in [2.24, 2.45) is 0 Å². The van der Waals surface area contributed by atoms with Gasteiger partial charge in [-0.2, -0.15) is 0 Å². The summed E-state index contributed by atoms with van der Waals surface area (Å²) in [5.74, 6) is -1.88. The van der Waals surface area contributed by atoms with Crippen molar-refractivity contribution in [3.05, 3.63) is 53.6 Å². The molecule has 13 nitrogen and oxygen atoms in total. The van der Waals surface area contributed by atoms with E-state index >= 15 is 0 Å². The van der Waals surface area contributed by atoms with Gasteiger partial charge in [0.05, 0.1) is 19.3 Å². The number of carbonyl (C=O) groups is 1. The molecule has 1 saturated heterocycles. The summed E-state index contributed by atoms with van der Waals surface area (Å²) in [5.41, 5.74) is 0.592. The Morgan fingerprint density at radius 2 is 1.63 bits per heavy atom. The molecule has 0 radical (unpaired) electrons. The summed E-state index contributed by atoms with van der Waals surface area (Å²) in [6, 6.07) is 11.3. The van der Waals surface area contributed by atoms with Gasteiger partial charge < -0.3 is 59.8 Å². The Kier molecular flexibility index (Phi) is 11.8. The fourth-order valence-corrected chi connectivity index (χ4v) is 4.50. The average Bonchev–Trinajstić information content (AvgIpc) is 2.95. The monoisotopic (exact) mass is 582 g/mol. The summed E-state index contributed by atoms with van der Waals surface area (Å²) in [4.78, 5) is 12.7. The number of benzene rings is 2. The van der Waals surface area contributed by atoms with Crippen LogP contribution in [0.1, 0.15) is 29.3 Å². The molecule has 0 bridgehead atoms. The van der Waals surface area contributed by atoms with E-state index in [1.807, 2.05) is 30.3 Å². The highest BCUT2D eigenvalue weighted by molar-refractivity contribution is 6.01. The summed E-state index contributed by atoms with van der Waals surface area (Å²) in [6.07, 6.45) is -13.4. The van der Waals surface area contributed by atoms with Crippen molar-refractivity contribution in [2.75, 3.05) is 20.3 Å². The quantitative estimate of drug-likeness (QED) is 0.129. The van der Waals surface area contributed by atoms with Gasteiger partial charge >= 0.3 is 0 Å². The summed E-state index contributed by atoms with van der Waals surface area (Å²) in [7, 11) is 1.29. The first kappa shape index (κ1) is 32.7. The topological polar surface area (TPSA) is 216 Å². The number of hydrogen-bond donors (Lipinski definition) is 8. The zero-order valence-electron chi connectivity index (χ0n) is 22.7. The van der Waals surface area contributed by atoms with Crippen LogP contribution < -0.4 is 4.74 Å². The van der Waals surface area contributed by atoms with Crippen LogP contribution in [0, 0.1) is 0 Å². The van der Waals surface area contributed by atoms with E-state index < -0.39 is 79.0 Å². The van der Waals surface area contributed by atoms with Crippen molar-refractivity contribution in [2.45, 2.75) is 74.9 Å². The third-order valence-corrected chi connectivity index (χ3v) is 6.84. The molecule has 0 saturated carbocycles. The molecule has 41 heavy (non-hydrogen) atoms. The number of phenols is 2. The van der Waals surface area contributed by atoms with Crippen LogP contribution in [0.5, 0.6) is 17.2 Å². The van der Waals surface area contributed by atoms with Crippen LogP contribution in [0.25, 0.3) is 0 Å². The van der Waals surface area contributed by atoms with Crippen molar-refractivity contribution >= 4 is 5.78 Å². The standard InChI is InChI=1S/C28H38O13/c1-14(23(34)24(35)20(33)13-38-2)39-27-26(37)25(36)21(12-29)41-28(27)40-16-10-18(31)22(19(32)11-16)17(30)9-8-15-6-4-3-5-7-15/h3-7,10-11,14,20-21,23-29,31-37H,8-9,12-13H2,1-2H3. The van der Waals surface area contributed by atoms with Gasteiger partial charge in [-0.15, -0.1) is 0 Å². The Morgan fingerprint density at radius 3 is 2.22 bits per heavy atom. The Hall–Kier alpha value is -2.85. The molecular weight excluding hydrogens is 544 g/mol. The van der Waals surface area contributed by atoms with Crippen molar-refractivity contribution in [3.8, 4) is 17.2 Å². The molecule has 1 aliphatic rings. The number of aliphatic hydroxyl groups is 6. The normalized spacial score (nSPS) is 25.7. The third-order valence-electron chi connectivity index (χ3n) is 6.84. The van der Waals surface area contributed by atoms with E-state index in [4.69, 9.17) is 18.9 Å². The summed E-state index contributed by atoms with van der Waals surface area (Å²) in [6.45, 7) is 0.339. The second-order valence-corrected chi connectivity index (χ2v) is 9.88. The van der Waals surface area contributed by atoms with Gasteiger partial charge in [0.2, 0.25) is 6.29 Å². The van der Waals surface area contributed by atoms with E-state index in [0.717, 1.165) is 17.7 Å². The lowest BCUT2D eigenvalue weighted by Gasteiger charge is -2.43. The fourth-order valence-electron chi connectivity index (χ4n) is 4.50. The molecule has 1 heterocycles. The van der Waals surface area contributed by atoms with Gasteiger partial charge in [-0.1, -0.05) is 30.3 Å². The smallest absolute Gasteiger partial charge is 0.229 e. The molecule has 0 amide bonds. The molecule has 9 unspecified atom stereocenters. The first-order chi connectivity index (χ1) is 19.5. The third kappa shape index (κ3) is 8.13. The average molecular weight is 583 g/mol. The number of ether oxygens (including phenoxy) is 4. The van der Waals surface area contributed by atoms with Crippen LogP contribution in [0.2, 0.25) is 0 Å². The van der Waals surface area contributed by atoms with Crippen LogP contribution in [-0.4, -0.2) is 122 Å². The molecule has 0 aromatic heterocycles. The highest BCUT2D eigenvalue weighted by atomic mass is 16.7. The molecule has 2 aromatic carbocycles. The predicted octanol–water partition coefficient (Wildman–Crippen LogP) is -0.766. The number of carbonyl (C=O) groups excluding carboxylic acids is 1. The van der Waals surface area contributed by atoms with Crippen molar-refractivity contribution in [1.29, 1.82) is 0 Å². The lowest BCUT2D eigenvalue weighted by atomic mass is 9.98. The summed E-state index contributed by atoms with van der Waals surface area (Å²) >= 11 is 0. The van der Waals surface area contributed by atoms with Crippen molar-refractivity contribution in [1.82, 2.24) is 0 Å². The number of methoxy groups -OCH3 is 1. The maximum Gasteiger partial charge on any atom is 0.229 e. The number of Topliss-reactive ketones (excluding diaryl/α,β-unsaturated/α-hetero) is 1. The zero-order chi connectivity index (χ0) is 30.3. The van der Waals surface area contributed by atoms with Crippen LogP contribution >= 0.6 is 0 Å². The number of ketones is 1. The van der Waals surface area contributed by atoms with Gasteiger partial charge in [0.15, 0.2) is 5.78 Å². The van der Waals surface area contributed by atoms with Crippen LogP contribution in [0.4, 0.5) is 0 Å². The first-order valence-corrected chi connectivity index (χ1v) is 13.1. The van der Waals surface area contributed by atoms with Crippen LogP contribution in [-0.2, 0) is 20.6 Å². The van der Waals surface area contributed by atoms with Gasteiger partial charge in [0.1, 0.15) is 65.5 Å². The second kappa shape index (κ2) is 14.9. The number of hydrogen-bond acceptors (Lipinski definition) is 13. The lowest BCUT2D eigenvalue weighted by Crippen LogP contribution is -2.62. The SMILES string of the molecule is COCC(O)C(O)C(O)C(C)OC1C(Oc2cc(O)c(C(=O)CCc3ccccc3)c(O)c2)OC(CO)C(O)C1O. The van der Waals surface area contributed by atoms with Crippen molar-refractivity contribution in [3.63, 3.8) is 0 Å². The maximum absolute atomic E-state index is 12.7. The zero-order valence-corrected chi connectivity index (χ0v) is 22.7. The Bertz CT molecular complexity index is 1090. The minimum Gasteiger partial charge on any atom is -0.507 e. The second-order valence-electron chi connectivity index (χ2n) is 9.88. The van der Waals surface area contributed by atoms with E-state index in [2.05, 4.69) is 0 Å². The Balaban J connectivity index is 1.78. The van der Waals surface area contributed by atoms with Crippen LogP contribution in [0.15, 0.2) is 42.5 Å². The van der Waals surface area contributed by atoms with E-state index in [0.29, 0.717) is 6.42 Å². The van der Waals surface area contributed by atoms with Gasteiger partial charge in [-0.05, 0) is 18.9 Å². The molecule has 228 valence electrons. The molecule has 0 spiro atoms. The molecule has 9 atom stereocenters. The minimum absolute atomic E-state index is 0.0143. The molecule has 1 aliphatic heterocycles. The summed E-state index contributed by atoms with van der Waals surface area (Å²) in [5, 5.41) is 82.4. The highest BCUT2D eigenvalue weighted by Gasteiger charge is 2.48. The maximum atomic E-state index is 12.7. The molecule has 0 aliphatic carbocycles.